The molecule has 0 saturated carbocycles. The Kier molecular flexibility index (Phi) is 4.11. The molecule has 0 radical (unpaired) electrons. The van der Waals surface area contributed by atoms with Gasteiger partial charge in [-0.25, -0.2) is 0 Å². The molecule has 0 bridgehead atoms. The quantitative estimate of drug-likeness (QED) is 0.899. The minimum atomic E-state index is -0.290. The standard InChI is InChI=1S/C16H27N3O/c1-11-8-9-19(12(2)10-11)14-7-6-13(17)15(18-14)20-16(3,4)5/h6-7,11-12H,8-10,17H2,1-5H3. The van der Waals surface area contributed by atoms with Gasteiger partial charge < -0.3 is 15.4 Å². The predicted molar refractivity (Wildman–Crippen MR) is 84.2 cm³/mol. The summed E-state index contributed by atoms with van der Waals surface area (Å²) in [5.74, 6) is 2.30. The molecule has 0 amide bonds. The zero-order chi connectivity index (χ0) is 14.9. The van der Waals surface area contributed by atoms with Gasteiger partial charge in [-0.15, -0.1) is 0 Å². The van der Waals surface area contributed by atoms with Crippen LogP contribution in [0.2, 0.25) is 0 Å². The van der Waals surface area contributed by atoms with E-state index in [4.69, 9.17) is 10.5 Å². The number of nitrogens with two attached hydrogens (primary N) is 1. The molecular weight excluding hydrogens is 250 g/mol. The first-order valence-electron chi connectivity index (χ1n) is 7.48. The highest BCUT2D eigenvalue weighted by atomic mass is 16.5. The largest absolute Gasteiger partial charge is 0.470 e. The molecule has 1 aliphatic heterocycles. The topological polar surface area (TPSA) is 51.4 Å². The normalized spacial score (nSPS) is 23.8. The van der Waals surface area contributed by atoms with Gasteiger partial charge in [0.15, 0.2) is 0 Å². The molecule has 0 aliphatic carbocycles. The van der Waals surface area contributed by atoms with E-state index >= 15 is 0 Å². The van der Waals surface area contributed by atoms with Crippen molar-refractivity contribution in [2.75, 3.05) is 17.2 Å². The first kappa shape index (κ1) is 14.9. The van der Waals surface area contributed by atoms with Crippen LogP contribution in [0, 0.1) is 5.92 Å². The third-order valence-corrected chi connectivity index (χ3v) is 3.71. The number of pyridine rings is 1. The van der Waals surface area contributed by atoms with E-state index in [1.807, 2.05) is 32.9 Å². The second-order valence-corrected chi connectivity index (χ2v) is 6.95. The number of hydrogen-bond acceptors (Lipinski definition) is 4. The van der Waals surface area contributed by atoms with E-state index in [2.05, 4.69) is 23.7 Å². The van der Waals surface area contributed by atoms with E-state index in [9.17, 15) is 0 Å². The molecule has 2 atom stereocenters. The first-order chi connectivity index (χ1) is 9.26. The Morgan fingerprint density at radius 1 is 1.30 bits per heavy atom. The van der Waals surface area contributed by atoms with Crippen molar-refractivity contribution in [3.8, 4) is 5.88 Å². The van der Waals surface area contributed by atoms with Crippen LogP contribution in [-0.2, 0) is 0 Å². The lowest BCUT2D eigenvalue weighted by atomic mass is 9.93. The number of hydrogen-bond donors (Lipinski definition) is 1. The summed E-state index contributed by atoms with van der Waals surface area (Å²) in [4.78, 5) is 6.99. The summed E-state index contributed by atoms with van der Waals surface area (Å²) < 4.78 is 5.86. The van der Waals surface area contributed by atoms with Crippen LogP contribution in [0.1, 0.15) is 47.5 Å². The molecule has 1 aromatic rings. The zero-order valence-electron chi connectivity index (χ0n) is 13.3. The van der Waals surface area contributed by atoms with Crippen molar-refractivity contribution >= 4 is 11.5 Å². The van der Waals surface area contributed by atoms with Crippen molar-refractivity contribution in [3.05, 3.63) is 12.1 Å². The molecule has 20 heavy (non-hydrogen) atoms. The van der Waals surface area contributed by atoms with Gasteiger partial charge in [0.05, 0.1) is 5.69 Å². The van der Waals surface area contributed by atoms with Crippen LogP contribution in [0.25, 0.3) is 0 Å². The van der Waals surface area contributed by atoms with E-state index in [0.717, 1.165) is 18.3 Å². The van der Waals surface area contributed by atoms with E-state index in [-0.39, 0.29) is 5.60 Å². The maximum Gasteiger partial charge on any atom is 0.239 e. The predicted octanol–water partition coefficient (Wildman–Crippen LogP) is 3.47. The lowest BCUT2D eigenvalue weighted by Gasteiger charge is -2.37. The lowest BCUT2D eigenvalue weighted by Crippen LogP contribution is -2.40. The Morgan fingerprint density at radius 2 is 2.00 bits per heavy atom. The van der Waals surface area contributed by atoms with Crippen molar-refractivity contribution in [1.29, 1.82) is 0 Å². The molecule has 2 N–H and O–H groups in total. The summed E-state index contributed by atoms with van der Waals surface area (Å²) in [6.07, 6.45) is 2.42. The van der Waals surface area contributed by atoms with E-state index < -0.39 is 0 Å². The lowest BCUT2D eigenvalue weighted by molar-refractivity contribution is 0.125. The third kappa shape index (κ3) is 3.56. The number of rotatable bonds is 2. The van der Waals surface area contributed by atoms with Crippen LogP contribution in [0.4, 0.5) is 11.5 Å². The van der Waals surface area contributed by atoms with E-state index in [1.165, 1.54) is 12.8 Å². The highest BCUT2D eigenvalue weighted by molar-refractivity contribution is 5.55. The van der Waals surface area contributed by atoms with Crippen molar-refractivity contribution in [2.24, 2.45) is 5.92 Å². The maximum atomic E-state index is 5.98. The monoisotopic (exact) mass is 277 g/mol. The fourth-order valence-electron chi connectivity index (χ4n) is 2.72. The Bertz CT molecular complexity index is 467. The molecule has 1 fully saturated rings. The van der Waals surface area contributed by atoms with Gasteiger partial charge in [-0.2, -0.15) is 4.98 Å². The van der Waals surface area contributed by atoms with E-state index in [1.54, 1.807) is 0 Å². The fraction of sp³-hybridized carbons (Fsp3) is 0.688. The number of anilines is 2. The molecule has 1 aliphatic rings. The molecule has 1 aromatic heterocycles. The average molecular weight is 277 g/mol. The van der Waals surface area contributed by atoms with Crippen molar-refractivity contribution in [3.63, 3.8) is 0 Å². The van der Waals surface area contributed by atoms with Gasteiger partial charge in [0.2, 0.25) is 5.88 Å². The van der Waals surface area contributed by atoms with Crippen LogP contribution in [0.3, 0.4) is 0 Å². The molecule has 112 valence electrons. The highest BCUT2D eigenvalue weighted by Crippen LogP contribution is 2.31. The smallest absolute Gasteiger partial charge is 0.239 e. The summed E-state index contributed by atoms with van der Waals surface area (Å²) in [5.41, 5.74) is 6.29. The molecule has 0 spiro atoms. The molecular formula is C16H27N3O. The average Bonchev–Trinajstić information content (AvgIpc) is 2.30. The van der Waals surface area contributed by atoms with Crippen LogP contribution in [0.5, 0.6) is 5.88 Å². The van der Waals surface area contributed by atoms with Gasteiger partial charge in [-0.3, -0.25) is 0 Å². The summed E-state index contributed by atoms with van der Waals surface area (Å²) in [6.45, 7) is 11.6. The number of nitrogens with zero attached hydrogens (tertiary/aromatic N) is 2. The first-order valence-corrected chi connectivity index (χ1v) is 7.48. The third-order valence-electron chi connectivity index (χ3n) is 3.71. The molecule has 2 unspecified atom stereocenters. The van der Waals surface area contributed by atoms with Gasteiger partial charge in [0.25, 0.3) is 0 Å². The van der Waals surface area contributed by atoms with Gasteiger partial charge in [-0.1, -0.05) is 6.92 Å². The molecule has 2 rings (SSSR count). The number of nitrogen functional groups attached to an aromatic ring is 1. The van der Waals surface area contributed by atoms with Crippen LogP contribution in [-0.4, -0.2) is 23.2 Å². The molecule has 0 aromatic carbocycles. The van der Waals surface area contributed by atoms with Crippen LogP contribution >= 0.6 is 0 Å². The van der Waals surface area contributed by atoms with Gasteiger partial charge >= 0.3 is 0 Å². The minimum Gasteiger partial charge on any atom is -0.470 e. The summed E-state index contributed by atoms with van der Waals surface area (Å²) >= 11 is 0. The number of ether oxygens (including phenoxy) is 1. The van der Waals surface area contributed by atoms with Crippen molar-refractivity contribution < 1.29 is 4.74 Å². The minimum absolute atomic E-state index is 0.290. The van der Waals surface area contributed by atoms with Crippen molar-refractivity contribution in [2.45, 2.75) is 59.1 Å². The van der Waals surface area contributed by atoms with Crippen molar-refractivity contribution in [1.82, 2.24) is 4.98 Å². The molecule has 4 heteroatoms. The highest BCUT2D eigenvalue weighted by Gasteiger charge is 2.25. The van der Waals surface area contributed by atoms with Crippen LogP contribution < -0.4 is 15.4 Å². The Balaban J connectivity index is 2.23. The summed E-state index contributed by atoms with van der Waals surface area (Å²) in [5, 5.41) is 0. The maximum absolute atomic E-state index is 5.98. The molecule has 4 nitrogen and oxygen atoms in total. The summed E-state index contributed by atoms with van der Waals surface area (Å²) in [7, 11) is 0. The van der Waals surface area contributed by atoms with E-state index in [0.29, 0.717) is 17.6 Å². The summed E-state index contributed by atoms with van der Waals surface area (Å²) in [6, 6.07) is 4.41. The Morgan fingerprint density at radius 3 is 2.60 bits per heavy atom. The number of piperidine rings is 1. The Labute approximate surface area is 122 Å². The van der Waals surface area contributed by atoms with Crippen LogP contribution in [0.15, 0.2) is 12.1 Å². The fourth-order valence-corrected chi connectivity index (χ4v) is 2.72. The molecule has 2 heterocycles. The van der Waals surface area contributed by atoms with Gasteiger partial charge in [-0.05, 0) is 58.6 Å². The second-order valence-electron chi connectivity index (χ2n) is 6.95. The SMILES string of the molecule is CC1CCN(c2ccc(N)c(OC(C)(C)C)n2)C(C)C1. The van der Waals surface area contributed by atoms with Gasteiger partial charge in [0.1, 0.15) is 11.4 Å². The Hall–Kier alpha value is -1.45. The number of aromatic nitrogens is 1. The second kappa shape index (κ2) is 5.51. The molecule has 1 saturated heterocycles. The van der Waals surface area contributed by atoms with Gasteiger partial charge in [0, 0.05) is 12.6 Å². The zero-order valence-corrected chi connectivity index (χ0v) is 13.3.